The number of fused-ring (bicyclic) bond motifs is 2. The number of rotatable bonds is 18. The second-order valence-corrected chi connectivity index (χ2v) is 14.9. The normalized spacial score (nSPS) is 23.4. The highest BCUT2D eigenvalue weighted by Crippen LogP contribution is 2.61. The summed E-state index contributed by atoms with van der Waals surface area (Å²) in [6, 6.07) is 19.1. The summed E-state index contributed by atoms with van der Waals surface area (Å²) in [6.07, 6.45) is 6.77. The molecule has 2 amide bonds. The summed E-state index contributed by atoms with van der Waals surface area (Å²) in [6.45, 7) is 4.36. The van der Waals surface area contributed by atoms with Crippen LogP contribution in [0, 0.1) is 27.9 Å². The summed E-state index contributed by atoms with van der Waals surface area (Å²) < 4.78 is 25.5. The first-order valence-corrected chi connectivity index (χ1v) is 19.9. The number of nitrogens with zero attached hydrogens (tertiary/aromatic N) is 3. The van der Waals surface area contributed by atoms with Crippen LogP contribution < -0.4 is 19.5 Å². The van der Waals surface area contributed by atoms with Crippen molar-refractivity contribution in [1.29, 1.82) is 0 Å². The molecule has 3 aromatic carbocycles. The van der Waals surface area contributed by atoms with Gasteiger partial charge in [0.25, 0.3) is 5.69 Å². The molecule has 15 nitrogen and oxygen atoms in total. The van der Waals surface area contributed by atoms with Crippen molar-refractivity contribution < 1.29 is 48.5 Å². The predicted octanol–water partition coefficient (Wildman–Crippen LogP) is 7.28. The van der Waals surface area contributed by atoms with Crippen LogP contribution >= 0.6 is 0 Å². The number of ether oxygens (including phenoxy) is 4. The molecule has 0 bridgehead atoms. The highest BCUT2D eigenvalue weighted by Gasteiger charge is 2.65. The lowest BCUT2D eigenvalue weighted by molar-refractivity contribution is -0.384. The largest absolute Gasteiger partial charge is 0.459 e. The Labute approximate surface area is 343 Å². The van der Waals surface area contributed by atoms with E-state index in [4.69, 9.17) is 23.8 Å². The van der Waals surface area contributed by atoms with E-state index in [2.05, 4.69) is 23.1 Å². The minimum Gasteiger partial charge on any atom is -0.459 e. The number of aliphatic hydroxyl groups excluding tert-OH is 2. The SMILES string of the molecule is C=CCO[C@@]12Oc3ccc(OC(=O)NCc4ccccc4)cc3[C@H]3[C@H](CCCCO)[C@@H](CCCCO)C=C(C(=NOC)C[C@@H]1N(C)C(=O)Oc1ccc([N+](=O)[O-])cc1)[C@H]32. The molecule has 6 atom stereocenters. The molecule has 1 saturated carbocycles. The van der Waals surface area contributed by atoms with Crippen molar-refractivity contribution in [3.05, 3.63) is 118 Å². The lowest BCUT2D eigenvalue weighted by atomic mass is 9.55. The highest BCUT2D eigenvalue weighted by atomic mass is 16.7. The summed E-state index contributed by atoms with van der Waals surface area (Å²) in [5.74, 6) is -1.63. The average molecular weight is 813 g/mol. The molecule has 0 unspecified atom stereocenters. The number of aliphatic hydroxyl groups is 2. The number of nitrogens with one attached hydrogen (secondary N) is 1. The number of oxime groups is 1. The van der Waals surface area contributed by atoms with Crippen LogP contribution in [0.5, 0.6) is 17.2 Å². The Morgan fingerprint density at radius 2 is 1.73 bits per heavy atom. The van der Waals surface area contributed by atoms with E-state index >= 15 is 0 Å². The Bertz CT molecular complexity index is 2010. The van der Waals surface area contributed by atoms with Gasteiger partial charge in [-0.15, -0.1) is 6.58 Å². The molecule has 0 saturated heterocycles. The van der Waals surface area contributed by atoms with E-state index in [-0.39, 0.29) is 62.0 Å². The molecule has 3 aliphatic rings. The number of nitro groups is 1. The Balaban J connectivity index is 1.46. The third kappa shape index (κ3) is 9.59. The second kappa shape index (κ2) is 19.8. The van der Waals surface area contributed by atoms with Crippen LogP contribution in [0.25, 0.3) is 0 Å². The minimum absolute atomic E-state index is 0.00160. The molecule has 0 aromatic heterocycles. The number of likely N-dealkylation sites (N-methyl/N-ethyl adjacent to an activating group) is 1. The highest BCUT2D eigenvalue weighted by molar-refractivity contribution is 6.03. The van der Waals surface area contributed by atoms with Gasteiger partial charge in [0.1, 0.15) is 30.4 Å². The van der Waals surface area contributed by atoms with E-state index < -0.39 is 34.9 Å². The summed E-state index contributed by atoms with van der Waals surface area (Å²) in [4.78, 5) is 44.8. The van der Waals surface area contributed by atoms with E-state index in [1.807, 2.05) is 36.4 Å². The maximum atomic E-state index is 14.1. The van der Waals surface area contributed by atoms with E-state index in [9.17, 15) is 29.9 Å². The molecule has 6 rings (SSSR count). The molecule has 2 aliphatic carbocycles. The second-order valence-electron chi connectivity index (χ2n) is 14.9. The van der Waals surface area contributed by atoms with Crippen molar-refractivity contribution in [3.63, 3.8) is 0 Å². The van der Waals surface area contributed by atoms with Gasteiger partial charge >= 0.3 is 12.2 Å². The first-order valence-electron chi connectivity index (χ1n) is 19.9. The number of allylic oxidation sites excluding steroid dienone is 1. The molecule has 15 heteroatoms. The lowest BCUT2D eigenvalue weighted by Crippen LogP contribution is -2.69. The molecule has 59 heavy (non-hydrogen) atoms. The predicted molar refractivity (Wildman–Crippen MR) is 218 cm³/mol. The topological polar surface area (TPSA) is 192 Å². The van der Waals surface area contributed by atoms with Crippen molar-refractivity contribution >= 4 is 23.6 Å². The number of hydrogen-bond acceptors (Lipinski definition) is 12. The summed E-state index contributed by atoms with van der Waals surface area (Å²) in [5.41, 5.74) is 2.96. The zero-order chi connectivity index (χ0) is 41.9. The lowest BCUT2D eigenvalue weighted by Gasteiger charge is -2.59. The van der Waals surface area contributed by atoms with Crippen LogP contribution in [0.15, 0.2) is 102 Å². The Morgan fingerprint density at radius 1 is 1.02 bits per heavy atom. The number of carbonyl (C=O) groups excluding carboxylic acids is 2. The third-order valence-corrected chi connectivity index (χ3v) is 11.3. The van der Waals surface area contributed by atoms with E-state index in [1.54, 1.807) is 25.3 Å². The quantitative estimate of drug-likeness (QED) is 0.0506. The van der Waals surface area contributed by atoms with E-state index in [1.165, 1.54) is 36.3 Å². The zero-order valence-electron chi connectivity index (χ0n) is 33.4. The fraction of sp³-hybridized carbons (Fsp3) is 0.432. The van der Waals surface area contributed by atoms with Crippen LogP contribution in [0.2, 0.25) is 0 Å². The summed E-state index contributed by atoms with van der Waals surface area (Å²) in [7, 11) is 3.04. The fourth-order valence-corrected chi connectivity index (χ4v) is 8.75. The number of hydrogen-bond donors (Lipinski definition) is 3. The van der Waals surface area contributed by atoms with Crippen molar-refractivity contribution in [2.45, 2.75) is 69.2 Å². The van der Waals surface area contributed by atoms with Gasteiger partial charge in [0.15, 0.2) is 0 Å². The third-order valence-electron chi connectivity index (χ3n) is 11.3. The molecule has 1 aliphatic heterocycles. The smallest absolute Gasteiger partial charge is 0.415 e. The number of benzene rings is 3. The van der Waals surface area contributed by atoms with Crippen LogP contribution in [0.3, 0.4) is 0 Å². The van der Waals surface area contributed by atoms with Crippen molar-refractivity contribution in [3.8, 4) is 17.2 Å². The zero-order valence-corrected chi connectivity index (χ0v) is 33.4. The maximum Gasteiger partial charge on any atom is 0.415 e. The van der Waals surface area contributed by atoms with Crippen LogP contribution in [0.4, 0.5) is 15.3 Å². The van der Waals surface area contributed by atoms with Crippen LogP contribution in [-0.2, 0) is 16.1 Å². The molecular weight excluding hydrogens is 761 g/mol. The van der Waals surface area contributed by atoms with Gasteiger partial charge in [0.05, 0.1) is 23.2 Å². The summed E-state index contributed by atoms with van der Waals surface area (Å²) >= 11 is 0. The van der Waals surface area contributed by atoms with E-state index in [0.717, 1.165) is 36.0 Å². The molecular formula is C44H52N4O11. The molecule has 1 heterocycles. The van der Waals surface area contributed by atoms with Gasteiger partial charge in [-0.05, 0) is 79.0 Å². The van der Waals surface area contributed by atoms with Gasteiger partial charge in [0.2, 0.25) is 5.79 Å². The van der Waals surface area contributed by atoms with Gasteiger partial charge < -0.3 is 44.2 Å². The molecule has 1 fully saturated rings. The van der Waals surface area contributed by atoms with Crippen LogP contribution in [0.1, 0.15) is 62.0 Å². The molecule has 314 valence electrons. The number of non-ortho nitro benzene ring substituents is 1. The Hall–Kier alpha value is -5.77. The minimum atomic E-state index is -1.53. The van der Waals surface area contributed by atoms with Gasteiger partial charge in [0, 0.05) is 56.8 Å². The number of nitro benzene ring substituents is 1. The Morgan fingerprint density at radius 3 is 2.41 bits per heavy atom. The molecule has 3 N–H and O–H groups in total. The van der Waals surface area contributed by atoms with E-state index in [0.29, 0.717) is 36.5 Å². The Kier molecular flexibility index (Phi) is 14.4. The first-order chi connectivity index (χ1) is 28.6. The van der Waals surface area contributed by atoms with Gasteiger partial charge in [-0.3, -0.25) is 10.1 Å². The molecule has 3 aromatic rings. The van der Waals surface area contributed by atoms with Gasteiger partial charge in [-0.1, -0.05) is 60.5 Å². The van der Waals surface area contributed by atoms with Crippen LogP contribution in [-0.4, -0.2) is 83.7 Å². The standard InChI is InChI=1S/C44H52N4O11/c1-4-24-56-44-39(47(2)43(52)58-32-18-16-31(17-19-32)48(53)54)27-37(46-55-3)35-25-30(14-8-10-22-49)34(15-9-11-23-50)40(41(35)44)36-26-33(20-21-38(36)59-44)57-42(51)45-28-29-12-6-5-7-13-29/h4-7,12-13,16-21,25-26,30,34,39-41,49-50H,1,8-11,14-15,22-24,27-28H2,2-3H3,(H,45,51)/t30-,34+,39-,40+,41+,44+/m0/s1. The average Bonchev–Trinajstić information content (AvgIpc) is 3.24. The van der Waals surface area contributed by atoms with Crippen molar-refractivity contribution in [2.75, 3.05) is 34.0 Å². The van der Waals surface area contributed by atoms with Crippen molar-refractivity contribution in [1.82, 2.24) is 10.2 Å². The fourth-order valence-electron chi connectivity index (χ4n) is 8.75. The first kappa shape index (κ1) is 42.8. The number of unbranched alkanes of at least 4 members (excludes halogenated alkanes) is 2. The number of carbonyl (C=O) groups is 2. The van der Waals surface area contributed by atoms with Gasteiger partial charge in [-0.2, -0.15) is 0 Å². The van der Waals surface area contributed by atoms with Gasteiger partial charge in [-0.25, -0.2) is 9.59 Å². The summed E-state index contributed by atoms with van der Waals surface area (Å²) in [5, 5.41) is 38.2. The molecule has 0 spiro atoms. The molecule has 0 radical (unpaired) electrons. The monoisotopic (exact) mass is 812 g/mol. The van der Waals surface area contributed by atoms with Crippen molar-refractivity contribution in [2.24, 2.45) is 22.9 Å². The number of amides is 2. The maximum absolute atomic E-state index is 14.1.